The van der Waals surface area contributed by atoms with Crippen LogP contribution in [0.1, 0.15) is 31.4 Å². The van der Waals surface area contributed by atoms with Gasteiger partial charge in [0.1, 0.15) is 5.82 Å². The van der Waals surface area contributed by atoms with Gasteiger partial charge in [-0.25, -0.2) is 4.39 Å². The molecule has 1 saturated heterocycles. The van der Waals surface area contributed by atoms with E-state index in [1.54, 1.807) is 12.1 Å². The molecule has 0 aliphatic carbocycles. The number of halogens is 2. The van der Waals surface area contributed by atoms with E-state index >= 15 is 0 Å². The van der Waals surface area contributed by atoms with Crippen LogP contribution in [0.2, 0.25) is 0 Å². The van der Waals surface area contributed by atoms with Gasteiger partial charge < -0.3 is 15.3 Å². The lowest BCUT2D eigenvalue weighted by molar-refractivity contribution is -0.136. The number of nitrogens with one attached hydrogen (secondary N) is 1. The largest absolute Gasteiger partial charge is 0.388 e. The zero-order chi connectivity index (χ0) is 16.1. The maximum absolute atomic E-state index is 12.9. The molecule has 0 radical (unpaired) electrons. The highest BCUT2D eigenvalue weighted by atomic mass is 35.5. The number of aliphatic hydroxyl groups excluding tert-OH is 1. The minimum atomic E-state index is -0.590. The molecule has 1 aliphatic rings. The van der Waals surface area contributed by atoms with Gasteiger partial charge in [-0.2, -0.15) is 0 Å². The van der Waals surface area contributed by atoms with E-state index in [1.165, 1.54) is 12.1 Å². The summed E-state index contributed by atoms with van der Waals surface area (Å²) in [5, 5.41) is 13.4. The maximum atomic E-state index is 12.9. The summed E-state index contributed by atoms with van der Waals surface area (Å²) < 4.78 is 12.9. The molecule has 0 bridgehead atoms. The highest BCUT2D eigenvalue weighted by Crippen LogP contribution is 2.31. The molecule has 2 unspecified atom stereocenters. The van der Waals surface area contributed by atoms with E-state index in [0.717, 1.165) is 18.4 Å². The summed E-state index contributed by atoms with van der Waals surface area (Å²) in [5.41, 5.74) is 0.745. The SMILES string of the molecule is CNCC(C)C(=O)N1CCC(C(O)c2ccc(F)cc2)CC1.Cl. The molecule has 23 heavy (non-hydrogen) atoms. The minimum absolute atomic E-state index is 0. The van der Waals surface area contributed by atoms with Gasteiger partial charge >= 0.3 is 0 Å². The van der Waals surface area contributed by atoms with E-state index in [0.29, 0.717) is 19.6 Å². The van der Waals surface area contributed by atoms with Crippen LogP contribution in [-0.4, -0.2) is 42.6 Å². The van der Waals surface area contributed by atoms with Crippen LogP contribution in [0.3, 0.4) is 0 Å². The van der Waals surface area contributed by atoms with E-state index in [2.05, 4.69) is 5.32 Å². The van der Waals surface area contributed by atoms with Gasteiger partial charge in [-0.05, 0) is 43.5 Å². The van der Waals surface area contributed by atoms with Crippen LogP contribution in [0.15, 0.2) is 24.3 Å². The lowest BCUT2D eigenvalue weighted by atomic mass is 9.87. The Morgan fingerprint density at radius 2 is 1.91 bits per heavy atom. The summed E-state index contributed by atoms with van der Waals surface area (Å²) in [4.78, 5) is 14.1. The molecule has 6 heteroatoms. The molecule has 0 aromatic heterocycles. The van der Waals surface area contributed by atoms with Crippen molar-refractivity contribution in [2.24, 2.45) is 11.8 Å². The molecule has 4 nitrogen and oxygen atoms in total. The Bertz CT molecular complexity index is 490. The number of amides is 1. The number of aliphatic hydroxyl groups is 1. The predicted molar refractivity (Wildman–Crippen MR) is 91.0 cm³/mol. The molecular weight excluding hydrogens is 319 g/mol. The van der Waals surface area contributed by atoms with Crippen LogP contribution < -0.4 is 5.32 Å². The van der Waals surface area contributed by atoms with Crippen molar-refractivity contribution in [3.05, 3.63) is 35.6 Å². The van der Waals surface area contributed by atoms with E-state index in [-0.39, 0.29) is 36.0 Å². The monoisotopic (exact) mass is 344 g/mol. The van der Waals surface area contributed by atoms with Gasteiger partial charge in [0.15, 0.2) is 0 Å². The highest BCUT2D eigenvalue weighted by molar-refractivity contribution is 5.85. The summed E-state index contributed by atoms with van der Waals surface area (Å²) in [6.07, 6.45) is 0.959. The summed E-state index contributed by atoms with van der Waals surface area (Å²) in [7, 11) is 1.84. The van der Waals surface area contributed by atoms with Gasteiger partial charge in [-0.1, -0.05) is 19.1 Å². The van der Waals surface area contributed by atoms with Crippen molar-refractivity contribution in [1.29, 1.82) is 0 Å². The summed E-state index contributed by atoms with van der Waals surface area (Å²) in [6, 6.07) is 6.01. The second-order valence-corrected chi connectivity index (χ2v) is 6.12. The number of piperidine rings is 1. The minimum Gasteiger partial charge on any atom is -0.388 e. The first-order chi connectivity index (χ1) is 10.5. The zero-order valence-corrected chi connectivity index (χ0v) is 14.5. The topological polar surface area (TPSA) is 52.6 Å². The molecule has 1 aliphatic heterocycles. The number of hydrogen-bond acceptors (Lipinski definition) is 3. The summed E-state index contributed by atoms with van der Waals surface area (Å²) in [6.45, 7) is 3.96. The van der Waals surface area contributed by atoms with Crippen molar-refractivity contribution in [2.75, 3.05) is 26.7 Å². The highest BCUT2D eigenvalue weighted by Gasteiger charge is 2.29. The number of nitrogens with zero attached hydrogens (tertiary/aromatic N) is 1. The zero-order valence-electron chi connectivity index (χ0n) is 13.7. The summed E-state index contributed by atoms with van der Waals surface area (Å²) >= 11 is 0. The number of likely N-dealkylation sites (tertiary alicyclic amines) is 1. The summed E-state index contributed by atoms with van der Waals surface area (Å²) in [5.74, 6) is -0.0309. The van der Waals surface area contributed by atoms with E-state index in [1.807, 2.05) is 18.9 Å². The number of rotatable bonds is 5. The Balaban J connectivity index is 0.00000264. The number of carbonyl (C=O) groups is 1. The van der Waals surface area contributed by atoms with E-state index in [4.69, 9.17) is 0 Å². The number of benzene rings is 1. The Morgan fingerprint density at radius 1 is 1.35 bits per heavy atom. The third-order valence-electron chi connectivity index (χ3n) is 4.44. The van der Waals surface area contributed by atoms with Crippen LogP contribution in [0.25, 0.3) is 0 Å². The molecule has 0 spiro atoms. The molecule has 2 rings (SSSR count). The lowest BCUT2D eigenvalue weighted by Crippen LogP contribution is -2.44. The number of hydrogen-bond donors (Lipinski definition) is 2. The van der Waals surface area contributed by atoms with Crippen molar-refractivity contribution in [1.82, 2.24) is 10.2 Å². The fourth-order valence-corrected chi connectivity index (χ4v) is 3.07. The standard InChI is InChI=1S/C17H25FN2O2.ClH/c1-12(11-19-2)17(22)20-9-7-14(8-10-20)16(21)13-3-5-15(18)6-4-13;/h3-6,12,14,16,19,21H,7-11H2,1-2H3;1H. The normalized spacial score (nSPS) is 18.2. The smallest absolute Gasteiger partial charge is 0.226 e. The molecule has 2 atom stereocenters. The van der Waals surface area contributed by atoms with Crippen LogP contribution in [0.5, 0.6) is 0 Å². The second kappa shape index (κ2) is 9.21. The van der Waals surface area contributed by atoms with Gasteiger partial charge in [-0.15, -0.1) is 12.4 Å². The molecular formula is C17H26ClFN2O2. The van der Waals surface area contributed by atoms with Crippen molar-refractivity contribution in [3.63, 3.8) is 0 Å². The van der Waals surface area contributed by atoms with Crippen LogP contribution in [0, 0.1) is 17.7 Å². The van der Waals surface area contributed by atoms with E-state index < -0.39 is 6.10 Å². The van der Waals surface area contributed by atoms with Crippen molar-refractivity contribution in [3.8, 4) is 0 Å². The second-order valence-electron chi connectivity index (χ2n) is 6.12. The first-order valence-corrected chi connectivity index (χ1v) is 7.90. The van der Waals surface area contributed by atoms with Crippen molar-refractivity contribution >= 4 is 18.3 Å². The molecule has 1 amide bonds. The molecule has 2 N–H and O–H groups in total. The van der Waals surface area contributed by atoms with Gasteiger partial charge in [0, 0.05) is 25.6 Å². The molecule has 1 fully saturated rings. The van der Waals surface area contributed by atoms with Crippen LogP contribution in [0.4, 0.5) is 4.39 Å². The Hall–Kier alpha value is -1.17. The van der Waals surface area contributed by atoms with Gasteiger partial charge in [-0.3, -0.25) is 4.79 Å². The quantitative estimate of drug-likeness (QED) is 0.862. The fourth-order valence-electron chi connectivity index (χ4n) is 3.07. The van der Waals surface area contributed by atoms with Gasteiger partial charge in [0.25, 0.3) is 0 Å². The van der Waals surface area contributed by atoms with E-state index in [9.17, 15) is 14.3 Å². The predicted octanol–water partition coefficient (Wildman–Crippen LogP) is 2.38. The third kappa shape index (κ3) is 5.16. The van der Waals surface area contributed by atoms with Crippen LogP contribution in [-0.2, 0) is 4.79 Å². The first-order valence-electron chi connectivity index (χ1n) is 7.90. The van der Waals surface area contributed by atoms with Crippen molar-refractivity contribution < 1.29 is 14.3 Å². The first kappa shape index (κ1) is 19.9. The average molecular weight is 345 g/mol. The molecule has 1 heterocycles. The fraction of sp³-hybridized carbons (Fsp3) is 0.588. The maximum Gasteiger partial charge on any atom is 0.226 e. The van der Waals surface area contributed by atoms with Gasteiger partial charge in [0.05, 0.1) is 6.10 Å². The molecule has 1 aromatic rings. The number of carbonyl (C=O) groups excluding carboxylic acids is 1. The van der Waals surface area contributed by atoms with Gasteiger partial charge in [0.2, 0.25) is 5.91 Å². The Morgan fingerprint density at radius 3 is 2.43 bits per heavy atom. The molecule has 1 aromatic carbocycles. The average Bonchev–Trinajstić information content (AvgIpc) is 2.54. The lowest BCUT2D eigenvalue weighted by Gasteiger charge is -2.35. The van der Waals surface area contributed by atoms with Crippen molar-refractivity contribution in [2.45, 2.75) is 25.9 Å². The Labute approximate surface area is 143 Å². The molecule has 130 valence electrons. The van der Waals surface area contributed by atoms with Crippen LogP contribution >= 0.6 is 12.4 Å². The third-order valence-corrected chi connectivity index (χ3v) is 4.44. The molecule has 0 saturated carbocycles. The Kier molecular flexibility index (Phi) is 7.95.